The van der Waals surface area contributed by atoms with Crippen LogP contribution in [0.5, 0.6) is 11.5 Å². The first kappa shape index (κ1) is 12.7. The number of rotatable bonds is 4. The van der Waals surface area contributed by atoms with Gasteiger partial charge in [-0.25, -0.2) is 0 Å². The van der Waals surface area contributed by atoms with Crippen molar-refractivity contribution in [1.29, 1.82) is 0 Å². The molecule has 2 rings (SSSR count). The van der Waals surface area contributed by atoms with Crippen LogP contribution in [0.25, 0.3) is 0 Å². The highest BCUT2D eigenvalue weighted by atomic mass is 16.5. The monoisotopic (exact) mass is 249 g/mol. The molecule has 0 spiro atoms. The zero-order valence-electron chi connectivity index (χ0n) is 10.9. The number of benzene rings is 1. The number of carbonyl (C=O) groups excluding carboxylic acids is 1. The largest absolute Gasteiger partial charge is 0.497 e. The minimum Gasteiger partial charge on any atom is -0.497 e. The van der Waals surface area contributed by atoms with E-state index in [1.807, 2.05) is 18.2 Å². The molecule has 0 atom stereocenters. The van der Waals surface area contributed by atoms with Gasteiger partial charge in [0.25, 0.3) is 0 Å². The lowest BCUT2D eigenvalue weighted by Gasteiger charge is -2.24. The number of hydrogen-bond acceptors (Lipinski definition) is 4. The van der Waals surface area contributed by atoms with Gasteiger partial charge in [0.05, 0.1) is 19.9 Å². The van der Waals surface area contributed by atoms with Gasteiger partial charge in [-0.2, -0.15) is 0 Å². The SMILES string of the molecule is COc1ccc(NC2CCC(=O)CC2)c(OC)c1. The van der Waals surface area contributed by atoms with Crippen LogP contribution in [-0.2, 0) is 4.79 Å². The maximum Gasteiger partial charge on any atom is 0.145 e. The van der Waals surface area contributed by atoms with E-state index in [0.29, 0.717) is 24.7 Å². The van der Waals surface area contributed by atoms with Crippen molar-refractivity contribution >= 4 is 11.5 Å². The molecule has 0 saturated heterocycles. The normalized spacial score (nSPS) is 16.4. The molecule has 0 radical (unpaired) electrons. The molecule has 1 N–H and O–H groups in total. The Morgan fingerprint density at radius 1 is 1.17 bits per heavy atom. The fourth-order valence-electron chi connectivity index (χ4n) is 2.22. The summed E-state index contributed by atoms with van der Waals surface area (Å²) in [7, 11) is 3.28. The summed E-state index contributed by atoms with van der Waals surface area (Å²) in [4.78, 5) is 11.2. The number of methoxy groups -OCH3 is 2. The van der Waals surface area contributed by atoms with E-state index in [1.54, 1.807) is 14.2 Å². The Hall–Kier alpha value is -1.71. The van der Waals surface area contributed by atoms with E-state index in [2.05, 4.69) is 5.32 Å². The number of anilines is 1. The minimum absolute atomic E-state index is 0.352. The second kappa shape index (κ2) is 5.76. The van der Waals surface area contributed by atoms with Crippen LogP contribution in [0.2, 0.25) is 0 Å². The Kier molecular flexibility index (Phi) is 4.07. The van der Waals surface area contributed by atoms with E-state index in [1.165, 1.54) is 0 Å². The Morgan fingerprint density at radius 3 is 2.50 bits per heavy atom. The number of carbonyl (C=O) groups is 1. The van der Waals surface area contributed by atoms with Crippen molar-refractivity contribution in [3.05, 3.63) is 18.2 Å². The summed E-state index contributed by atoms with van der Waals surface area (Å²) in [5.74, 6) is 1.91. The van der Waals surface area contributed by atoms with E-state index in [9.17, 15) is 4.79 Å². The van der Waals surface area contributed by atoms with E-state index < -0.39 is 0 Å². The molecule has 1 aromatic rings. The second-order valence-electron chi connectivity index (χ2n) is 4.52. The first-order valence-electron chi connectivity index (χ1n) is 6.23. The number of Topliss-reactive ketones (excluding diaryl/α,β-unsaturated/α-hetero) is 1. The molecule has 4 nitrogen and oxygen atoms in total. The van der Waals surface area contributed by atoms with E-state index >= 15 is 0 Å². The van der Waals surface area contributed by atoms with Gasteiger partial charge < -0.3 is 14.8 Å². The summed E-state index contributed by atoms with van der Waals surface area (Å²) < 4.78 is 10.5. The molecule has 0 aliphatic heterocycles. The van der Waals surface area contributed by atoms with Crippen molar-refractivity contribution in [2.24, 2.45) is 0 Å². The fourth-order valence-corrected chi connectivity index (χ4v) is 2.22. The van der Waals surface area contributed by atoms with Crippen molar-refractivity contribution in [2.75, 3.05) is 19.5 Å². The van der Waals surface area contributed by atoms with E-state index in [-0.39, 0.29) is 0 Å². The highest BCUT2D eigenvalue weighted by Gasteiger charge is 2.19. The van der Waals surface area contributed by atoms with Crippen LogP contribution in [-0.4, -0.2) is 26.0 Å². The number of ether oxygens (including phenoxy) is 2. The molecule has 1 aliphatic carbocycles. The molecule has 1 aromatic carbocycles. The summed E-state index contributed by atoms with van der Waals surface area (Å²) >= 11 is 0. The van der Waals surface area contributed by atoms with Gasteiger partial charge in [-0.1, -0.05) is 0 Å². The van der Waals surface area contributed by atoms with Crippen LogP contribution in [0.3, 0.4) is 0 Å². The van der Waals surface area contributed by atoms with E-state index in [0.717, 1.165) is 30.0 Å². The Balaban J connectivity index is 2.06. The third-order valence-electron chi connectivity index (χ3n) is 3.31. The zero-order valence-corrected chi connectivity index (χ0v) is 10.9. The van der Waals surface area contributed by atoms with Gasteiger partial charge in [0.1, 0.15) is 17.3 Å². The zero-order chi connectivity index (χ0) is 13.0. The standard InChI is InChI=1S/C14H19NO3/c1-17-12-7-8-13(14(9-12)18-2)15-10-3-5-11(16)6-4-10/h7-10,15H,3-6H2,1-2H3. The topological polar surface area (TPSA) is 47.6 Å². The maximum absolute atomic E-state index is 11.2. The molecule has 0 heterocycles. The van der Waals surface area contributed by atoms with Gasteiger partial charge in [-0.15, -0.1) is 0 Å². The van der Waals surface area contributed by atoms with Crippen LogP contribution in [0.4, 0.5) is 5.69 Å². The lowest BCUT2D eigenvalue weighted by atomic mass is 9.94. The third kappa shape index (κ3) is 2.94. The number of hydrogen-bond donors (Lipinski definition) is 1. The highest BCUT2D eigenvalue weighted by molar-refractivity contribution is 5.79. The molecule has 0 unspecified atom stereocenters. The average molecular weight is 249 g/mol. The van der Waals surface area contributed by atoms with Gasteiger partial charge >= 0.3 is 0 Å². The van der Waals surface area contributed by atoms with E-state index in [4.69, 9.17) is 9.47 Å². The first-order chi connectivity index (χ1) is 8.72. The van der Waals surface area contributed by atoms with Gasteiger partial charge in [0.2, 0.25) is 0 Å². The fraction of sp³-hybridized carbons (Fsp3) is 0.500. The Labute approximate surface area is 107 Å². The molecule has 1 fully saturated rings. The summed E-state index contributed by atoms with van der Waals surface area (Å²) in [5.41, 5.74) is 0.956. The molecule has 0 bridgehead atoms. The van der Waals surface area contributed by atoms with Crippen molar-refractivity contribution in [3.63, 3.8) is 0 Å². The second-order valence-corrected chi connectivity index (χ2v) is 4.52. The summed E-state index contributed by atoms with van der Waals surface area (Å²) in [6.07, 6.45) is 3.15. The van der Waals surface area contributed by atoms with Crippen molar-refractivity contribution in [1.82, 2.24) is 0 Å². The summed E-state index contributed by atoms with van der Waals surface area (Å²) in [5, 5.41) is 3.44. The van der Waals surface area contributed by atoms with Crippen LogP contribution in [0, 0.1) is 0 Å². The molecule has 18 heavy (non-hydrogen) atoms. The lowest BCUT2D eigenvalue weighted by Crippen LogP contribution is -2.26. The number of ketones is 1. The van der Waals surface area contributed by atoms with Gasteiger partial charge in [0, 0.05) is 24.9 Å². The molecule has 4 heteroatoms. The summed E-state index contributed by atoms with van der Waals surface area (Å²) in [6.45, 7) is 0. The Morgan fingerprint density at radius 2 is 1.89 bits per heavy atom. The quantitative estimate of drug-likeness (QED) is 0.891. The molecule has 98 valence electrons. The van der Waals surface area contributed by atoms with Crippen LogP contribution in [0.15, 0.2) is 18.2 Å². The van der Waals surface area contributed by atoms with Crippen LogP contribution in [0.1, 0.15) is 25.7 Å². The molecule has 0 amide bonds. The molecular formula is C14H19NO3. The maximum atomic E-state index is 11.2. The van der Waals surface area contributed by atoms with Gasteiger partial charge in [-0.3, -0.25) is 4.79 Å². The minimum atomic E-state index is 0.352. The van der Waals surface area contributed by atoms with Gasteiger partial charge in [0.15, 0.2) is 0 Å². The lowest BCUT2D eigenvalue weighted by molar-refractivity contribution is -0.120. The molecule has 0 aromatic heterocycles. The number of nitrogens with one attached hydrogen (secondary N) is 1. The molecule has 1 aliphatic rings. The third-order valence-corrected chi connectivity index (χ3v) is 3.31. The first-order valence-corrected chi connectivity index (χ1v) is 6.23. The molecular weight excluding hydrogens is 230 g/mol. The van der Waals surface area contributed by atoms with Crippen LogP contribution < -0.4 is 14.8 Å². The smallest absolute Gasteiger partial charge is 0.145 e. The summed E-state index contributed by atoms with van der Waals surface area (Å²) in [6, 6.07) is 6.06. The highest BCUT2D eigenvalue weighted by Crippen LogP contribution is 2.31. The Bertz CT molecular complexity index is 421. The van der Waals surface area contributed by atoms with Crippen molar-refractivity contribution in [2.45, 2.75) is 31.7 Å². The predicted octanol–water partition coefficient (Wildman–Crippen LogP) is 2.63. The average Bonchev–Trinajstić information content (AvgIpc) is 2.41. The molecule has 1 saturated carbocycles. The van der Waals surface area contributed by atoms with Crippen molar-refractivity contribution in [3.8, 4) is 11.5 Å². The van der Waals surface area contributed by atoms with Gasteiger partial charge in [-0.05, 0) is 25.0 Å². The predicted molar refractivity (Wildman–Crippen MR) is 70.4 cm³/mol. The van der Waals surface area contributed by atoms with Crippen molar-refractivity contribution < 1.29 is 14.3 Å². The van der Waals surface area contributed by atoms with Crippen LogP contribution >= 0.6 is 0 Å².